The van der Waals surface area contributed by atoms with E-state index in [9.17, 15) is 19.5 Å². The monoisotopic (exact) mass is 580 g/mol. The topological polar surface area (TPSA) is 143 Å². The third-order valence-electron chi connectivity index (χ3n) is 7.80. The van der Waals surface area contributed by atoms with Gasteiger partial charge in [0.15, 0.2) is 11.5 Å². The standard InChI is InChI=1S/C30H36N4O8/c1-40-22-3-4-23-24(29(37)31-8-13-35)18-28(36)33(25(23)17-22)12-11-32-9-6-21(7-10-32)34(30(38)39)19-20-2-5-26-27(16-20)42-15-14-41-26/h2-5,16-18,21,35H,6-15,19H2,1H3,(H,31,37)(H,38,39). The molecule has 2 amide bonds. The Balaban J connectivity index is 1.25. The average Bonchev–Trinajstić information content (AvgIpc) is 3.01. The molecular formula is C30H36N4O8. The Bertz CT molecular complexity index is 1500. The first-order valence-corrected chi connectivity index (χ1v) is 14.1. The summed E-state index contributed by atoms with van der Waals surface area (Å²) in [6, 6.07) is 12.0. The number of aliphatic hydroxyl groups is 1. The van der Waals surface area contributed by atoms with E-state index in [-0.39, 0.29) is 36.9 Å². The zero-order chi connectivity index (χ0) is 29.6. The molecule has 2 aliphatic heterocycles. The van der Waals surface area contributed by atoms with Crippen molar-refractivity contribution in [1.82, 2.24) is 19.7 Å². The van der Waals surface area contributed by atoms with Crippen molar-refractivity contribution in [2.24, 2.45) is 0 Å². The SMILES string of the molecule is COc1ccc2c(C(=O)NCCO)cc(=O)n(CCN3CCC(N(Cc4ccc5c(c4)OCCO5)C(=O)O)CC3)c2c1. The van der Waals surface area contributed by atoms with Crippen molar-refractivity contribution < 1.29 is 34.0 Å². The highest BCUT2D eigenvalue weighted by Gasteiger charge is 2.28. The number of aromatic nitrogens is 1. The number of likely N-dealkylation sites (tertiary alicyclic amines) is 1. The molecule has 0 aliphatic carbocycles. The van der Waals surface area contributed by atoms with Crippen LogP contribution in [0.5, 0.6) is 17.2 Å². The van der Waals surface area contributed by atoms with Crippen LogP contribution in [0.2, 0.25) is 0 Å². The van der Waals surface area contributed by atoms with E-state index in [0.29, 0.717) is 80.4 Å². The fraction of sp³-hybridized carbons (Fsp3) is 0.433. The van der Waals surface area contributed by atoms with Gasteiger partial charge < -0.3 is 44.1 Å². The number of benzene rings is 2. The van der Waals surface area contributed by atoms with E-state index in [1.54, 1.807) is 29.9 Å². The predicted octanol–water partition coefficient (Wildman–Crippen LogP) is 2.15. The van der Waals surface area contributed by atoms with Gasteiger partial charge in [0.25, 0.3) is 11.5 Å². The van der Waals surface area contributed by atoms with Crippen LogP contribution in [0.3, 0.4) is 0 Å². The lowest BCUT2D eigenvalue weighted by molar-refractivity contribution is 0.0855. The molecule has 3 N–H and O–H groups in total. The van der Waals surface area contributed by atoms with Crippen LogP contribution in [0.25, 0.3) is 10.9 Å². The van der Waals surface area contributed by atoms with Crippen molar-refractivity contribution >= 4 is 22.9 Å². The maximum Gasteiger partial charge on any atom is 0.407 e. The summed E-state index contributed by atoms with van der Waals surface area (Å²) >= 11 is 0. The van der Waals surface area contributed by atoms with Crippen LogP contribution in [0.1, 0.15) is 28.8 Å². The minimum atomic E-state index is -0.960. The Morgan fingerprint density at radius 1 is 1.05 bits per heavy atom. The molecule has 0 saturated carbocycles. The lowest BCUT2D eigenvalue weighted by Gasteiger charge is -2.37. The first-order chi connectivity index (χ1) is 20.4. The number of nitrogens with one attached hydrogen (secondary N) is 1. The Morgan fingerprint density at radius 2 is 1.81 bits per heavy atom. The quantitative estimate of drug-likeness (QED) is 0.329. The van der Waals surface area contributed by atoms with Crippen LogP contribution >= 0.6 is 0 Å². The molecular weight excluding hydrogens is 544 g/mol. The smallest absolute Gasteiger partial charge is 0.407 e. The van der Waals surface area contributed by atoms with Gasteiger partial charge in [0.1, 0.15) is 19.0 Å². The van der Waals surface area contributed by atoms with E-state index >= 15 is 0 Å². The number of ether oxygens (including phenoxy) is 3. The molecule has 42 heavy (non-hydrogen) atoms. The molecule has 1 fully saturated rings. The van der Waals surface area contributed by atoms with E-state index in [1.165, 1.54) is 11.0 Å². The summed E-state index contributed by atoms with van der Waals surface area (Å²) in [5.74, 6) is 1.45. The number of fused-ring (bicyclic) bond motifs is 2. The van der Waals surface area contributed by atoms with Gasteiger partial charge in [-0.05, 0) is 42.7 Å². The van der Waals surface area contributed by atoms with Gasteiger partial charge >= 0.3 is 6.09 Å². The number of hydrogen-bond acceptors (Lipinski definition) is 8. The number of carbonyl (C=O) groups excluding carboxylic acids is 1. The zero-order valence-electron chi connectivity index (χ0n) is 23.6. The van der Waals surface area contributed by atoms with Gasteiger partial charge in [0, 0.05) is 62.8 Å². The number of rotatable bonds is 10. The van der Waals surface area contributed by atoms with E-state index in [2.05, 4.69) is 10.2 Å². The van der Waals surface area contributed by atoms with Crippen LogP contribution in [0.15, 0.2) is 47.3 Å². The molecule has 5 rings (SSSR count). The van der Waals surface area contributed by atoms with Crippen LogP contribution in [-0.2, 0) is 13.1 Å². The Hall–Kier alpha value is -4.29. The number of piperidine rings is 1. The molecule has 2 aliphatic rings. The minimum Gasteiger partial charge on any atom is -0.497 e. The van der Waals surface area contributed by atoms with E-state index in [1.807, 2.05) is 18.2 Å². The summed E-state index contributed by atoms with van der Waals surface area (Å²) in [6.45, 7) is 3.48. The molecule has 1 saturated heterocycles. The fourth-order valence-corrected chi connectivity index (χ4v) is 5.60. The van der Waals surface area contributed by atoms with Gasteiger partial charge in [-0.15, -0.1) is 0 Å². The van der Waals surface area contributed by atoms with Gasteiger partial charge in [-0.1, -0.05) is 6.07 Å². The molecule has 2 aromatic carbocycles. The highest BCUT2D eigenvalue weighted by atomic mass is 16.6. The Labute approximate surface area is 243 Å². The van der Waals surface area contributed by atoms with Gasteiger partial charge in [0.05, 0.1) is 24.8 Å². The molecule has 1 aromatic heterocycles. The molecule has 224 valence electrons. The molecule has 12 heteroatoms. The number of amides is 2. The molecule has 0 spiro atoms. The number of carboxylic acid groups (broad SMARTS) is 1. The Morgan fingerprint density at radius 3 is 2.52 bits per heavy atom. The summed E-state index contributed by atoms with van der Waals surface area (Å²) in [4.78, 5) is 41.8. The summed E-state index contributed by atoms with van der Waals surface area (Å²) in [5, 5.41) is 22.3. The van der Waals surface area contributed by atoms with Crippen LogP contribution in [0.4, 0.5) is 4.79 Å². The summed E-state index contributed by atoms with van der Waals surface area (Å²) in [6.07, 6.45) is 0.382. The fourth-order valence-electron chi connectivity index (χ4n) is 5.60. The van der Waals surface area contributed by atoms with Crippen molar-refractivity contribution in [2.75, 3.05) is 53.1 Å². The van der Waals surface area contributed by atoms with Gasteiger partial charge in [-0.25, -0.2) is 4.79 Å². The molecule has 3 heterocycles. The van der Waals surface area contributed by atoms with E-state index < -0.39 is 12.0 Å². The van der Waals surface area contributed by atoms with Crippen molar-refractivity contribution in [2.45, 2.75) is 32.0 Å². The first-order valence-electron chi connectivity index (χ1n) is 14.1. The molecule has 0 bridgehead atoms. The lowest BCUT2D eigenvalue weighted by atomic mass is 10.0. The highest BCUT2D eigenvalue weighted by Crippen LogP contribution is 2.32. The first kappa shape index (κ1) is 29.2. The predicted molar refractivity (Wildman–Crippen MR) is 155 cm³/mol. The highest BCUT2D eigenvalue weighted by molar-refractivity contribution is 6.06. The van der Waals surface area contributed by atoms with E-state index in [4.69, 9.17) is 19.3 Å². The van der Waals surface area contributed by atoms with Gasteiger partial charge in [-0.2, -0.15) is 0 Å². The van der Waals surface area contributed by atoms with Gasteiger partial charge in [0.2, 0.25) is 0 Å². The van der Waals surface area contributed by atoms with Crippen LogP contribution < -0.4 is 25.1 Å². The van der Waals surface area contributed by atoms with Gasteiger partial charge in [-0.3, -0.25) is 9.59 Å². The second-order valence-corrected chi connectivity index (χ2v) is 10.4. The van der Waals surface area contributed by atoms with Crippen molar-refractivity contribution in [1.29, 1.82) is 0 Å². The average molecular weight is 581 g/mol. The zero-order valence-corrected chi connectivity index (χ0v) is 23.6. The normalized spacial score (nSPS) is 15.4. The van der Waals surface area contributed by atoms with Crippen LogP contribution in [0, 0.1) is 0 Å². The summed E-state index contributed by atoms with van der Waals surface area (Å²) < 4.78 is 18.2. The van der Waals surface area contributed by atoms with Crippen molar-refractivity contribution in [3.05, 3.63) is 63.9 Å². The second kappa shape index (κ2) is 13.1. The molecule has 3 aromatic rings. The number of aliphatic hydroxyl groups excluding tert-OH is 1. The second-order valence-electron chi connectivity index (χ2n) is 10.4. The van der Waals surface area contributed by atoms with Crippen LogP contribution in [-0.4, -0.2) is 95.7 Å². The number of methoxy groups -OCH3 is 1. The molecule has 0 radical (unpaired) electrons. The van der Waals surface area contributed by atoms with E-state index in [0.717, 1.165) is 5.56 Å². The lowest BCUT2D eigenvalue weighted by Crippen LogP contribution is -2.47. The molecule has 0 atom stereocenters. The Kier molecular flexibility index (Phi) is 9.13. The number of nitrogens with zero attached hydrogens (tertiary/aromatic N) is 3. The number of hydrogen-bond donors (Lipinski definition) is 3. The molecule has 12 nitrogen and oxygen atoms in total. The summed E-state index contributed by atoms with van der Waals surface area (Å²) in [7, 11) is 1.54. The number of carbonyl (C=O) groups is 2. The van der Waals surface area contributed by atoms with Crippen molar-refractivity contribution in [3.63, 3.8) is 0 Å². The van der Waals surface area contributed by atoms with Crippen molar-refractivity contribution in [3.8, 4) is 17.2 Å². The minimum absolute atomic E-state index is 0.0888. The largest absolute Gasteiger partial charge is 0.497 e. The third-order valence-corrected chi connectivity index (χ3v) is 7.80. The maximum absolute atomic E-state index is 13.2. The maximum atomic E-state index is 13.2. The number of pyridine rings is 1. The third kappa shape index (κ3) is 6.44. The summed E-state index contributed by atoms with van der Waals surface area (Å²) in [5.41, 5.74) is 1.37. The molecule has 0 unspecified atom stereocenters.